The average molecular weight is 252 g/mol. The van der Waals surface area contributed by atoms with Gasteiger partial charge < -0.3 is 14.9 Å². The molecule has 2 heterocycles. The van der Waals surface area contributed by atoms with Gasteiger partial charge in [-0.2, -0.15) is 0 Å². The van der Waals surface area contributed by atoms with Gasteiger partial charge in [-0.3, -0.25) is 9.69 Å². The first-order chi connectivity index (χ1) is 8.52. The van der Waals surface area contributed by atoms with Gasteiger partial charge in [-0.25, -0.2) is 9.78 Å². The highest BCUT2D eigenvalue weighted by atomic mass is 16.5. The molecular weight excluding hydrogens is 240 g/mol. The van der Waals surface area contributed by atoms with Gasteiger partial charge in [-0.05, 0) is 12.1 Å². The summed E-state index contributed by atoms with van der Waals surface area (Å²) in [7, 11) is 1.22. The van der Waals surface area contributed by atoms with Crippen LogP contribution in [0.25, 0.3) is 0 Å². The Morgan fingerprint density at radius 3 is 2.78 bits per heavy atom. The van der Waals surface area contributed by atoms with Crippen LogP contribution in [0.2, 0.25) is 0 Å². The predicted octanol–water partition coefficient (Wildman–Crippen LogP) is -0.157. The minimum absolute atomic E-state index is 0.0133. The molecule has 1 fully saturated rings. The summed E-state index contributed by atoms with van der Waals surface area (Å²) in [6, 6.07) is 2.47. The fraction of sp³-hybridized carbons (Fsp3) is 0.364. The SMILES string of the molecule is COC(=O)c1ccc(CN2CC2C(=O)O)c(O)n1. The van der Waals surface area contributed by atoms with Crippen molar-refractivity contribution in [1.82, 2.24) is 9.88 Å². The van der Waals surface area contributed by atoms with Crippen LogP contribution in [0.4, 0.5) is 0 Å². The number of carbonyl (C=O) groups is 2. The van der Waals surface area contributed by atoms with Gasteiger partial charge in [0.1, 0.15) is 6.04 Å². The maximum atomic E-state index is 11.2. The van der Waals surface area contributed by atoms with E-state index in [1.807, 2.05) is 0 Å². The number of pyridine rings is 1. The van der Waals surface area contributed by atoms with Crippen LogP contribution in [0, 0.1) is 0 Å². The summed E-state index contributed by atoms with van der Waals surface area (Å²) in [5, 5.41) is 18.4. The van der Waals surface area contributed by atoms with Crippen LogP contribution in [0.5, 0.6) is 5.88 Å². The molecule has 1 aromatic rings. The Morgan fingerprint density at radius 2 is 2.28 bits per heavy atom. The Morgan fingerprint density at radius 1 is 1.56 bits per heavy atom. The molecule has 2 N–H and O–H groups in total. The number of hydrogen-bond acceptors (Lipinski definition) is 6. The Kier molecular flexibility index (Phi) is 3.15. The van der Waals surface area contributed by atoms with Crippen molar-refractivity contribution in [2.24, 2.45) is 0 Å². The largest absolute Gasteiger partial charge is 0.493 e. The predicted molar refractivity (Wildman–Crippen MR) is 59.1 cm³/mol. The second kappa shape index (κ2) is 4.61. The van der Waals surface area contributed by atoms with E-state index in [1.54, 1.807) is 4.90 Å². The summed E-state index contributed by atoms with van der Waals surface area (Å²) in [6.45, 7) is 0.741. The minimum atomic E-state index is -0.881. The van der Waals surface area contributed by atoms with E-state index in [0.29, 0.717) is 12.1 Å². The summed E-state index contributed by atoms with van der Waals surface area (Å²) in [6.07, 6.45) is 0. The minimum Gasteiger partial charge on any atom is -0.493 e. The molecule has 1 aliphatic heterocycles. The van der Waals surface area contributed by atoms with E-state index in [2.05, 4.69) is 9.72 Å². The number of methoxy groups -OCH3 is 1. The number of aromatic nitrogens is 1. The van der Waals surface area contributed by atoms with Crippen LogP contribution >= 0.6 is 0 Å². The number of ether oxygens (including phenoxy) is 1. The van der Waals surface area contributed by atoms with E-state index < -0.39 is 18.0 Å². The molecule has 96 valence electrons. The number of nitrogens with zero attached hydrogens (tertiary/aromatic N) is 2. The summed E-state index contributed by atoms with van der Waals surface area (Å²) in [4.78, 5) is 27.2. The van der Waals surface area contributed by atoms with Gasteiger partial charge in [-0.1, -0.05) is 0 Å². The van der Waals surface area contributed by atoms with Gasteiger partial charge in [0.05, 0.1) is 7.11 Å². The summed E-state index contributed by atoms with van der Waals surface area (Å²) in [5.41, 5.74) is 0.491. The molecule has 1 aromatic heterocycles. The van der Waals surface area contributed by atoms with E-state index in [1.165, 1.54) is 19.2 Å². The normalized spacial score (nSPS) is 21.4. The highest BCUT2D eigenvalue weighted by molar-refractivity contribution is 5.87. The quantitative estimate of drug-likeness (QED) is 0.567. The summed E-state index contributed by atoms with van der Waals surface area (Å²) >= 11 is 0. The van der Waals surface area contributed by atoms with Crippen molar-refractivity contribution in [2.75, 3.05) is 13.7 Å². The van der Waals surface area contributed by atoms with Gasteiger partial charge in [-0.15, -0.1) is 0 Å². The molecule has 18 heavy (non-hydrogen) atoms. The van der Waals surface area contributed by atoms with Crippen LogP contribution in [-0.4, -0.2) is 51.7 Å². The molecule has 2 rings (SSSR count). The zero-order valence-corrected chi connectivity index (χ0v) is 9.66. The lowest BCUT2D eigenvalue weighted by Crippen LogP contribution is -2.12. The zero-order chi connectivity index (χ0) is 13.3. The van der Waals surface area contributed by atoms with Crippen molar-refractivity contribution in [2.45, 2.75) is 12.6 Å². The van der Waals surface area contributed by atoms with Crippen molar-refractivity contribution in [1.29, 1.82) is 0 Å². The van der Waals surface area contributed by atoms with Crippen LogP contribution in [0.1, 0.15) is 16.1 Å². The molecule has 0 radical (unpaired) electrons. The van der Waals surface area contributed by atoms with Crippen molar-refractivity contribution < 1.29 is 24.5 Å². The molecule has 0 amide bonds. The molecule has 0 spiro atoms. The molecule has 7 nitrogen and oxygen atoms in total. The van der Waals surface area contributed by atoms with Crippen LogP contribution in [0.15, 0.2) is 12.1 Å². The number of esters is 1. The number of aromatic hydroxyl groups is 1. The van der Waals surface area contributed by atoms with Gasteiger partial charge >= 0.3 is 11.9 Å². The molecule has 1 saturated heterocycles. The number of rotatable bonds is 4. The van der Waals surface area contributed by atoms with Crippen molar-refractivity contribution in [3.05, 3.63) is 23.4 Å². The van der Waals surface area contributed by atoms with E-state index in [9.17, 15) is 14.7 Å². The van der Waals surface area contributed by atoms with E-state index in [0.717, 1.165) is 0 Å². The lowest BCUT2D eigenvalue weighted by atomic mass is 10.2. The Balaban J connectivity index is 2.07. The van der Waals surface area contributed by atoms with Gasteiger partial charge in [0.2, 0.25) is 5.88 Å². The van der Waals surface area contributed by atoms with Crippen molar-refractivity contribution in [3.63, 3.8) is 0 Å². The third-order valence-electron chi connectivity index (χ3n) is 2.72. The third-order valence-corrected chi connectivity index (χ3v) is 2.72. The fourth-order valence-corrected chi connectivity index (χ4v) is 1.62. The Bertz CT molecular complexity index is 502. The standard InChI is InChI=1S/C11H12N2O5/c1-18-11(17)7-3-2-6(9(14)12-7)4-13-5-8(13)10(15)16/h2-3,8H,4-5H2,1H3,(H,12,14)(H,15,16). The van der Waals surface area contributed by atoms with Crippen molar-refractivity contribution in [3.8, 4) is 5.88 Å². The fourth-order valence-electron chi connectivity index (χ4n) is 1.62. The first kappa shape index (κ1) is 12.3. The van der Waals surface area contributed by atoms with E-state index >= 15 is 0 Å². The zero-order valence-electron chi connectivity index (χ0n) is 9.66. The molecule has 0 saturated carbocycles. The number of carboxylic acid groups (broad SMARTS) is 1. The maximum Gasteiger partial charge on any atom is 0.356 e. The third kappa shape index (κ3) is 2.40. The highest BCUT2D eigenvalue weighted by Crippen LogP contribution is 2.25. The van der Waals surface area contributed by atoms with Crippen LogP contribution in [-0.2, 0) is 16.1 Å². The summed E-state index contributed by atoms with van der Waals surface area (Å²) in [5.74, 6) is -1.80. The maximum absolute atomic E-state index is 11.2. The molecule has 2 atom stereocenters. The van der Waals surface area contributed by atoms with Gasteiger partial charge in [0.15, 0.2) is 5.69 Å². The summed E-state index contributed by atoms with van der Waals surface area (Å²) < 4.78 is 4.47. The van der Waals surface area contributed by atoms with E-state index in [4.69, 9.17) is 5.11 Å². The first-order valence-electron chi connectivity index (χ1n) is 5.27. The first-order valence-corrected chi connectivity index (χ1v) is 5.27. The number of carboxylic acids is 1. The van der Waals surface area contributed by atoms with Crippen LogP contribution in [0.3, 0.4) is 0 Å². The lowest BCUT2D eigenvalue weighted by Gasteiger charge is -2.06. The molecule has 7 heteroatoms. The van der Waals surface area contributed by atoms with Gasteiger partial charge in [0, 0.05) is 18.7 Å². The van der Waals surface area contributed by atoms with E-state index in [-0.39, 0.29) is 18.1 Å². The van der Waals surface area contributed by atoms with Crippen molar-refractivity contribution >= 4 is 11.9 Å². The molecular formula is C11H12N2O5. The Hall–Kier alpha value is -2.15. The second-order valence-corrected chi connectivity index (χ2v) is 3.95. The number of hydrogen-bond donors (Lipinski definition) is 2. The highest BCUT2D eigenvalue weighted by Gasteiger charge is 2.40. The topological polar surface area (TPSA) is 99.7 Å². The number of aliphatic carboxylic acids is 1. The molecule has 0 aliphatic carbocycles. The average Bonchev–Trinajstić information content (AvgIpc) is 3.10. The molecule has 2 unspecified atom stereocenters. The second-order valence-electron chi connectivity index (χ2n) is 3.95. The van der Waals surface area contributed by atoms with Gasteiger partial charge in [0.25, 0.3) is 0 Å². The molecule has 0 aromatic carbocycles. The van der Waals surface area contributed by atoms with Crippen LogP contribution < -0.4 is 0 Å². The number of carbonyl (C=O) groups excluding carboxylic acids is 1. The molecule has 0 bridgehead atoms. The monoisotopic (exact) mass is 252 g/mol. The smallest absolute Gasteiger partial charge is 0.356 e. The molecule has 1 aliphatic rings. The lowest BCUT2D eigenvalue weighted by molar-refractivity contribution is -0.137. The Labute approximate surface area is 103 Å².